The highest BCUT2D eigenvalue weighted by molar-refractivity contribution is 9.10. The molecule has 108 valence electrons. The highest BCUT2D eigenvalue weighted by Gasteiger charge is 2.14. The first-order chi connectivity index (χ1) is 9.35. The number of halogens is 2. The molecule has 0 spiro atoms. The second-order valence-electron chi connectivity index (χ2n) is 5.33. The monoisotopic (exact) mass is 342 g/mol. The van der Waals surface area contributed by atoms with E-state index in [1.807, 2.05) is 20.8 Å². The van der Waals surface area contributed by atoms with Crippen LogP contribution >= 0.6 is 15.9 Å². The van der Waals surface area contributed by atoms with E-state index < -0.39 is 5.82 Å². The maximum absolute atomic E-state index is 13.7. The number of nitrogens with one attached hydrogen (secondary N) is 2. The summed E-state index contributed by atoms with van der Waals surface area (Å²) in [5.74, 6) is 0.0434. The van der Waals surface area contributed by atoms with Gasteiger partial charge in [0, 0.05) is 10.0 Å². The van der Waals surface area contributed by atoms with Crippen LogP contribution in [0.5, 0.6) is 0 Å². The topological polar surface area (TPSA) is 63.0 Å². The lowest BCUT2D eigenvalue weighted by Gasteiger charge is -2.18. The first kappa shape index (κ1) is 14.9. The molecule has 7 heteroatoms. The summed E-state index contributed by atoms with van der Waals surface area (Å²) in [6.45, 7) is 6.58. The Morgan fingerprint density at radius 2 is 2.05 bits per heavy atom. The largest absolute Gasteiger partial charge is 0.406 e. The van der Waals surface area contributed by atoms with Gasteiger partial charge >= 0.3 is 6.01 Å². The van der Waals surface area contributed by atoms with Gasteiger partial charge in [-0.05, 0) is 48.8 Å². The maximum Gasteiger partial charge on any atom is 0.320 e. The van der Waals surface area contributed by atoms with Crippen LogP contribution in [0.4, 0.5) is 16.1 Å². The van der Waals surface area contributed by atoms with Gasteiger partial charge in [0.15, 0.2) is 0 Å². The normalized spacial score (nSPS) is 11.7. The number of hydrogen-bond donors (Lipinski definition) is 2. The highest BCUT2D eigenvalue weighted by Crippen LogP contribution is 2.27. The molecule has 0 unspecified atom stereocenters. The smallest absolute Gasteiger partial charge is 0.320 e. The third-order valence-electron chi connectivity index (χ3n) is 2.43. The Labute approximate surface area is 125 Å². The summed E-state index contributed by atoms with van der Waals surface area (Å²) in [5.41, 5.74) is 0.225. The van der Waals surface area contributed by atoms with E-state index in [1.165, 1.54) is 6.07 Å². The average molecular weight is 343 g/mol. The SMILES string of the molecule is CC(C)(C)NCc1nnc(Nc2c(F)cccc2Br)o1. The Kier molecular flexibility index (Phi) is 4.39. The van der Waals surface area contributed by atoms with E-state index in [1.54, 1.807) is 12.1 Å². The Hall–Kier alpha value is -1.47. The molecule has 0 radical (unpaired) electrons. The zero-order valence-electron chi connectivity index (χ0n) is 11.5. The molecule has 20 heavy (non-hydrogen) atoms. The molecular weight excluding hydrogens is 327 g/mol. The third kappa shape index (κ3) is 4.01. The predicted octanol–water partition coefficient (Wildman–Crippen LogP) is 3.60. The fourth-order valence-corrected chi connectivity index (χ4v) is 1.88. The van der Waals surface area contributed by atoms with E-state index in [2.05, 4.69) is 36.8 Å². The van der Waals surface area contributed by atoms with E-state index in [9.17, 15) is 4.39 Å². The van der Waals surface area contributed by atoms with Gasteiger partial charge in [0.05, 0.1) is 12.2 Å². The summed E-state index contributed by atoms with van der Waals surface area (Å²) in [7, 11) is 0. The molecule has 0 amide bonds. The summed E-state index contributed by atoms with van der Waals surface area (Å²) in [6, 6.07) is 4.84. The molecule has 0 aliphatic carbocycles. The molecule has 1 aromatic heterocycles. The fraction of sp³-hybridized carbons (Fsp3) is 0.385. The van der Waals surface area contributed by atoms with Crippen molar-refractivity contribution in [2.24, 2.45) is 0 Å². The van der Waals surface area contributed by atoms with Gasteiger partial charge in [-0.25, -0.2) is 4.39 Å². The van der Waals surface area contributed by atoms with Crippen molar-refractivity contribution in [2.75, 3.05) is 5.32 Å². The van der Waals surface area contributed by atoms with Gasteiger partial charge in [-0.3, -0.25) is 0 Å². The van der Waals surface area contributed by atoms with Gasteiger partial charge in [0.2, 0.25) is 5.89 Å². The Morgan fingerprint density at radius 1 is 1.30 bits per heavy atom. The van der Waals surface area contributed by atoms with E-state index in [-0.39, 0.29) is 17.2 Å². The van der Waals surface area contributed by atoms with Gasteiger partial charge in [-0.15, -0.1) is 5.10 Å². The highest BCUT2D eigenvalue weighted by atomic mass is 79.9. The van der Waals surface area contributed by atoms with Gasteiger partial charge in [0.25, 0.3) is 0 Å². The zero-order chi connectivity index (χ0) is 14.8. The quantitative estimate of drug-likeness (QED) is 0.888. The molecule has 0 fully saturated rings. The summed E-state index contributed by atoms with van der Waals surface area (Å²) in [5, 5.41) is 13.7. The first-order valence-corrected chi connectivity index (χ1v) is 6.93. The standard InChI is InChI=1S/C13H16BrFN4O/c1-13(2,3)16-7-10-18-19-12(20-10)17-11-8(14)5-4-6-9(11)15/h4-6,16H,7H2,1-3H3,(H,17,19). The minimum Gasteiger partial charge on any atom is -0.406 e. The van der Waals surface area contributed by atoms with E-state index in [0.29, 0.717) is 16.9 Å². The van der Waals surface area contributed by atoms with Crippen molar-refractivity contribution in [1.82, 2.24) is 15.5 Å². The number of para-hydroxylation sites is 1. The van der Waals surface area contributed by atoms with Crippen molar-refractivity contribution in [3.05, 3.63) is 34.4 Å². The molecule has 1 heterocycles. The van der Waals surface area contributed by atoms with Crippen LogP contribution < -0.4 is 10.6 Å². The van der Waals surface area contributed by atoms with Crippen molar-refractivity contribution in [3.8, 4) is 0 Å². The lowest BCUT2D eigenvalue weighted by Crippen LogP contribution is -2.35. The third-order valence-corrected chi connectivity index (χ3v) is 3.09. The molecule has 1 aromatic carbocycles. The lowest BCUT2D eigenvalue weighted by molar-refractivity contribution is 0.384. The molecule has 0 saturated carbocycles. The number of hydrogen-bond acceptors (Lipinski definition) is 5. The van der Waals surface area contributed by atoms with Crippen LogP contribution in [-0.2, 0) is 6.54 Å². The summed E-state index contributed by atoms with van der Waals surface area (Å²) in [6.07, 6.45) is 0. The molecule has 2 aromatic rings. The van der Waals surface area contributed by atoms with Crippen LogP contribution in [0.25, 0.3) is 0 Å². The second-order valence-corrected chi connectivity index (χ2v) is 6.18. The van der Waals surface area contributed by atoms with Gasteiger partial charge in [0.1, 0.15) is 5.82 Å². The summed E-state index contributed by atoms with van der Waals surface area (Å²) in [4.78, 5) is 0. The van der Waals surface area contributed by atoms with Gasteiger partial charge < -0.3 is 15.1 Å². The Bertz CT molecular complexity index is 574. The summed E-state index contributed by atoms with van der Waals surface area (Å²) >= 11 is 3.26. The van der Waals surface area contributed by atoms with Crippen molar-refractivity contribution >= 4 is 27.6 Å². The fourth-order valence-electron chi connectivity index (χ4n) is 1.44. The molecule has 2 rings (SSSR count). The number of nitrogens with zero attached hydrogens (tertiary/aromatic N) is 2. The number of aromatic nitrogens is 2. The molecule has 0 atom stereocenters. The minimum atomic E-state index is -0.396. The molecule has 0 aliphatic rings. The van der Waals surface area contributed by atoms with Crippen LogP contribution in [0, 0.1) is 5.82 Å². The second kappa shape index (κ2) is 5.88. The van der Waals surface area contributed by atoms with Crippen molar-refractivity contribution < 1.29 is 8.81 Å². The molecule has 0 bridgehead atoms. The van der Waals surface area contributed by atoms with Crippen LogP contribution in [0.15, 0.2) is 27.1 Å². The van der Waals surface area contributed by atoms with Gasteiger partial charge in [-0.2, -0.15) is 0 Å². The van der Waals surface area contributed by atoms with E-state index >= 15 is 0 Å². The van der Waals surface area contributed by atoms with Crippen molar-refractivity contribution in [3.63, 3.8) is 0 Å². The number of anilines is 2. The Balaban J connectivity index is 2.06. The first-order valence-electron chi connectivity index (χ1n) is 6.13. The number of benzene rings is 1. The molecular formula is C13H16BrFN4O. The van der Waals surface area contributed by atoms with Crippen LogP contribution in [0.1, 0.15) is 26.7 Å². The van der Waals surface area contributed by atoms with Crippen LogP contribution in [0.2, 0.25) is 0 Å². The summed E-state index contributed by atoms with van der Waals surface area (Å²) < 4.78 is 19.7. The molecule has 2 N–H and O–H groups in total. The van der Waals surface area contributed by atoms with E-state index in [0.717, 1.165) is 0 Å². The van der Waals surface area contributed by atoms with Gasteiger partial charge in [-0.1, -0.05) is 11.2 Å². The number of rotatable bonds is 4. The minimum absolute atomic E-state index is 0.0450. The molecule has 0 aliphatic heterocycles. The lowest BCUT2D eigenvalue weighted by atomic mass is 10.1. The van der Waals surface area contributed by atoms with Crippen LogP contribution in [0.3, 0.4) is 0 Å². The van der Waals surface area contributed by atoms with E-state index in [4.69, 9.17) is 4.42 Å². The Morgan fingerprint density at radius 3 is 2.70 bits per heavy atom. The average Bonchev–Trinajstić information content (AvgIpc) is 2.79. The zero-order valence-corrected chi connectivity index (χ0v) is 13.1. The van der Waals surface area contributed by atoms with Crippen LogP contribution in [-0.4, -0.2) is 15.7 Å². The predicted molar refractivity (Wildman–Crippen MR) is 78.3 cm³/mol. The maximum atomic E-state index is 13.7. The molecule has 0 saturated heterocycles. The van der Waals surface area contributed by atoms with Crippen molar-refractivity contribution in [1.29, 1.82) is 0 Å². The molecule has 5 nitrogen and oxygen atoms in total. The van der Waals surface area contributed by atoms with Crippen molar-refractivity contribution in [2.45, 2.75) is 32.9 Å².